The second-order valence-electron chi connectivity index (χ2n) is 12.7. The summed E-state index contributed by atoms with van der Waals surface area (Å²) in [4.78, 5) is 30.7. The summed E-state index contributed by atoms with van der Waals surface area (Å²) in [6, 6.07) is 57.5. The first-order chi connectivity index (χ1) is 25.8. The molecule has 0 radical (unpaired) electrons. The predicted octanol–water partition coefficient (Wildman–Crippen LogP) is 11.0. The van der Waals surface area contributed by atoms with Gasteiger partial charge in [-0.25, -0.2) is 29.9 Å². The maximum Gasteiger partial charge on any atom is 0.179 e. The standard InChI is InChI=1S/C46H28N6/c1-3-15-31(16-4-1)41-35-27-25-29-13-7-9-19-33(29)43(35)51-45(49-41)39-23-11-21-37(47-39)38-22-12-24-40(48-38)46-50-42(32-17-5-2-6-18-32)36-28-26-30-14-8-10-20-34(30)44(36)52-46/h1-28H. The van der Waals surface area contributed by atoms with E-state index in [1.165, 1.54) is 0 Å². The van der Waals surface area contributed by atoms with Gasteiger partial charge in [0.05, 0.1) is 33.8 Å². The smallest absolute Gasteiger partial charge is 0.179 e. The van der Waals surface area contributed by atoms with Gasteiger partial charge in [-0.05, 0) is 47.2 Å². The molecule has 6 heteroatoms. The summed E-state index contributed by atoms with van der Waals surface area (Å²) in [5.74, 6) is 1.11. The Morgan fingerprint density at radius 2 is 0.654 bits per heavy atom. The monoisotopic (exact) mass is 664 g/mol. The molecule has 0 aliphatic carbocycles. The van der Waals surface area contributed by atoms with Crippen molar-refractivity contribution in [3.05, 3.63) is 170 Å². The molecule has 0 N–H and O–H groups in total. The van der Waals surface area contributed by atoms with Gasteiger partial charge in [0.25, 0.3) is 0 Å². The Hall–Kier alpha value is -7.18. The lowest BCUT2D eigenvalue weighted by Gasteiger charge is -2.12. The van der Waals surface area contributed by atoms with Crippen molar-refractivity contribution in [3.63, 3.8) is 0 Å². The maximum atomic E-state index is 5.14. The molecule has 0 spiro atoms. The highest BCUT2D eigenvalue weighted by Crippen LogP contribution is 2.35. The van der Waals surface area contributed by atoms with Gasteiger partial charge in [-0.1, -0.05) is 133 Å². The minimum atomic E-state index is 0.554. The summed E-state index contributed by atoms with van der Waals surface area (Å²) in [7, 11) is 0. The first-order valence-corrected chi connectivity index (χ1v) is 17.2. The van der Waals surface area contributed by atoms with Crippen LogP contribution < -0.4 is 0 Å². The van der Waals surface area contributed by atoms with Crippen molar-refractivity contribution >= 4 is 43.4 Å². The Balaban J connectivity index is 1.12. The van der Waals surface area contributed by atoms with Crippen LogP contribution in [0.4, 0.5) is 0 Å². The zero-order valence-corrected chi connectivity index (χ0v) is 27.8. The fraction of sp³-hybridized carbons (Fsp3) is 0. The molecule has 0 saturated carbocycles. The first kappa shape index (κ1) is 29.7. The fourth-order valence-corrected chi connectivity index (χ4v) is 6.99. The second-order valence-corrected chi connectivity index (χ2v) is 12.7. The topological polar surface area (TPSA) is 77.3 Å². The van der Waals surface area contributed by atoms with Crippen molar-refractivity contribution in [1.29, 1.82) is 0 Å². The maximum absolute atomic E-state index is 5.14. The van der Waals surface area contributed by atoms with Crippen LogP contribution in [0.25, 0.3) is 100 Å². The summed E-state index contributed by atoms with van der Waals surface area (Å²) in [6.07, 6.45) is 0. The highest BCUT2D eigenvalue weighted by molar-refractivity contribution is 6.10. The Morgan fingerprint density at radius 1 is 0.250 bits per heavy atom. The molecule has 52 heavy (non-hydrogen) atoms. The molecule has 0 amide bonds. The van der Waals surface area contributed by atoms with E-state index in [2.05, 4.69) is 72.8 Å². The van der Waals surface area contributed by atoms with Crippen LogP contribution in [-0.4, -0.2) is 29.9 Å². The van der Waals surface area contributed by atoms with E-state index >= 15 is 0 Å². The van der Waals surface area contributed by atoms with Crippen LogP contribution in [0.3, 0.4) is 0 Å². The Kier molecular flexibility index (Phi) is 7.03. The molecule has 6 aromatic carbocycles. The van der Waals surface area contributed by atoms with Crippen LogP contribution in [0.15, 0.2) is 170 Å². The number of benzene rings is 6. The molecule has 0 aliphatic heterocycles. The lowest BCUT2D eigenvalue weighted by atomic mass is 10.0. The van der Waals surface area contributed by atoms with E-state index in [0.717, 1.165) is 65.9 Å². The van der Waals surface area contributed by atoms with E-state index in [-0.39, 0.29) is 0 Å². The molecule has 0 saturated heterocycles. The number of aromatic nitrogens is 6. The minimum Gasteiger partial charge on any atom is -0.243 e. The predicted molar refractivity (Wildman–Crippen MR) is 210 cm³/mol. The second kappa shape index (κ2) is 12.3. The molecule has 4 aromatic heterocycles. The Bertz CT molecular complexity index is 2760. The van der Waals surface area contributed by atoms with Crippen molar-refractivity contribution in [2.75, 3.05) is 0 Å². The highest BCUT2D eigenvalue weighted by atomic mass is 15.0. The SMILES string of the molecule is c1ccc(-c2nc(-c3cccc(-c4cccc(-c5nc(-c6ccccc6)c6ccc7ccccc7c6n5)n4)n3)nc3c2ccc2ccccc23)cc1. The number of pyridine rings is 2. The van der Waals surface area contributed by atoms with Gasteiger partial charge in [0.1, 0.15) is 11.4 Å². The molecule has 0 bridgehead atoms. The van der Waals surface area contributed by atoms with Crippen LogP contribution in [0, 0.1) is 0 Å². The average Bonchev–Trinajstić information content (AvgIpc) is 3.23. The number of hydrogen-bond donors (Lipinski definition) is 0. The summed E-state index contributed by atoms with van der Waals surface area (Å²) >= 11 is 0. The van der Waals surface area contributed by atoms with Gasteiger partial charge in [-0.15, -0.1) is 0 Å². The summed E-state index contributed by atoms with van der Waals surface area (Å²) in [5, 5.41) is 6.39. The summed E-state index contributed by atoms with van der Waals surface area (Å²) < 4.78 is 0. The Morgan fingerprint density at radius 3 is 1.12 bits per heavy atom. The van der Waals surface area contributed by atoms with Crippen molar-refractivity contribution in [2.45, 2.75) is 0 Å². The van der Waals surface area contributed by atoms with Gasteiger partial charge in [0, 0.05) is 32.7 Å². The van der Waals surface area contributed by atoms with E-state index in [9.17, 15) is 0 Å². The largest absolute Gasteiger partial charge is 0.243 e. The zero-order chi connectivity index (χ0) is 34.4. The van der Waals surface area contributed by atoms with E-state index in [1.54, 1.807) is 0 Å². The molecule has 242 valence electrons. The molecule has 10 aromatic rings. The molecule has 10 rings (SSSR count). The van der Waals surface area contributed by atoms with Crippen molar-refractivity contribution in [1.82, 2.24) is 29.9 Å². The third-order valence-electron chi connectivity index (χ3n) is 9.50. The van der Waals surface area contributed by atoms with Gasteiger partial charge in [0.2, 0.25) is 0 Å². The van der Waals surface area contributed by atoms with Crippen molar-refractivity contribution < 1.29 is 0 Å². The highest BCUT2D eigenvalue weighted by Gasteiger charge is 2.17. The van der Waals surface area contributed by atoms with E-state index in [0.29, 0.717) is 34.4 Å². The normalized spacial score (nSPS) is 11.5. The molecular weight excluding hydrogens is 637 g/mol. The molecule has 0 atom stereocenters. The van der Waals surface area contributed by atoms with Gasteiger partial charge >= 0.3 is 0 Å². The lowest BCUT2D eigenvalue weighted by Crippen LogP contribution is -2.00. The quantitative estimate of drug-likeness (QED) is 0.170. The molecule has 0 unspecified atom stereocenters. The molecule has 0 aliphatic rings. The van der Waals surface area contributed by atoms with Crippen LogP contribution in [0.5, 0.6) is 0 Å². The van der Waals surface area contributed by atoms with Gasteiger partial charge in [-0.3, -0.25) is 0 Å². The molecule has 0 fully saturated rings. The van der Waals surface area contributed by atoms with Crippen molar-refractivity contribution in [2.24, 2.45) is 0 Å². The summed E-state index contributed by atoms with van der Waals surface area (Å²) in [6.45, 7) is 0. The number of rotatable bonds is 5. The van der Waals surface area contributed by atoms with Crippen LogP contribution in [0.2, 0.25) is 0 Å². The van der Waals surface area contributed by atoms with Crippen molar-refractivity contribution in [3.8, 4) is 56.9 Å². The minimum absolute atomic E-state index is 0.554. The van der Waals surface area contributed by atoms with Gasteiger partial charge in [-0.2, -0.15) is 0 Å². The fourth-order valence-electron chi connectivity index (χ4n) is 6.99. The Labute approximate surface area is 299 Å². The molecule has 6 nitrogen and oxygen atoms in total. The third-order valence-corrected chi connectivity index (χ3v) is 9.50. The van der Waals surface area contributed by atoms with E-state index < -0.39 is 0 Å². The molecular formula is C46H28N6. The number of nitrogens with zero attached hydrogens (tertiary/aromatic N) is 6. The van der Waals surface area contributed by atoms with Crippen LogP contribution >= 0.6 is 0 Å². The van der Waals surface area contributed by atoms with E-state index in [1.807, 2.05) is 97.1 Å². The lowest BCUT2D eigenvalue weighted by molar-refractivity contribution is 1.16. The van der Waals surface area contributed by atoms with Gasteiger partial charge in [0.15, 0.2) is 11.6 Å². The average molecular weight is 665 g/mol. The summed E-state index contributed by atoms with van der Waals surface area (Å²) in [5.41, 5.74) is 8.31. The van der Waals surface area contributed by atoms with E-state index in [4.69, 9.17) is 29.9 Å². The van der Waals surface area contributed by atoms with Crippen LogP contribution in [0.1, 0.15) is 0 Å². The molecule has 4 heterocycles. The zero-order valence-electron chi connectivity index (χ0n) is 27.8. The third kappa shape index (κ3) is 5.13. The van der Waals surface area contributed by atoms with Gasteiger partial charge < -0.3 is 0 Å². The number of hydrogen-bond acceptors (Lipinski definition) is 6. The first-order valence-electron chi connectivity index (χ1n) is 17.2. The number of fused-ring (bicyclic) bond motifs is 6. The van der Waals surface area contributed by atoms with Crippen LogP contribution in [-0.2, 0) is 0 Å².